The first kappa shape index (κ1) is 22.7. The summed E-state index contributed by atoms with van der Waals surface area (Å²) in [4.78, 5) is 48.2. The number of amides is 2. The highest BCUT2D eigenvalue weighted by Crippen LogP contribution is 2.49. The molecule has 36 heavy (non-hydrogen) atoms. The fourth-order valence-corrected chi connectivity index (χ4v) is 6.45. The highest BCUT2D eigenvalue weighted by atomic mass is 16.3. The molecule has 184 valence electrons. The summed E-state index contributed by atoms with van der Waals surface area (Å²) in [5, 5.41) is 10.5. The van der Waals surface area contributed by atoms with Gasteiger partial charge in [0.25, 0.3) is 5.56 Å². The van der Waals surface area contributed by atoms with E-state index in [2.05, 4.69) is 11.1 Å². The first-order valence-corrected chi connectivity index (χ1v) is 12.4. The van der Waals surface area contributed by atoms with Crippen LogP contribution < -0.4 is 5.56 Å². The summed E-state index contributed by atoms with van der Waals surface area (Å²) in [5.74, 6) is -1.30. The van der Waals surface area contributed by atoms with E-state index in [1.807, 2.05) is 35.2 Å². The van der Waals surface area contributed by atoms with Crippen molar-refractivity contribution in [3.63, 3.8) is 0 Å². The Bertz CT molecular complexity index is 1400. The second-order valence-electron chi connectivity index (χ2n) is 9.92. The van der Waals surface area contributed by atoms with Crippen LogP contribution in [-0.4, -0.2) is 55.5 Å². The molecule has 1 saturated heterocycles. The minimum Gasteiger partial charge on any atom is -0.396 e. The van der Waals surface area contributed by atoms with Gasteiger partial charge in [-0.25, -0.2) is 0 Å². The number of aliphatic hydroxyl groups excluding tert-OH is 1. The fourth-order valence-electron chi connectivity index (χ4n) is 6.45. The van der Waals surface area contributed by atoms with Gasteiger partial charge in [-0.05, 0) is 35.7 Å². The number of benzene rings is 1. The maximum absolute atomic E-state index is 14.1. The van der Waals surface area contributed by atoms with Crippen LogP contribution in [0.15, 0.2) is 65.7 Å². The van der Waals surface area contributed by atoms with Gasteiger partial charge in [-0.15, -0.1) is 0 Å². The maximum atomic E-state index is 14.1. The summed E-state index contributed by atoms with van der Waals surface area (Å²) < 4.78 is 1.69. The molecule has 0 unspecified atom stereocenters. The molecule has 3 aliphatic heterocycles. The number of fused-ring (bicyclic) bond motifs is 5. The molecule has 3 aromatic rings. The van der Waals surface area contributed by atoms with E-state index in [-0.39, 0.29) is 30.5 Å². The van der Waals surface area contributed by atoms with Crippen LogP contribution in [0.4, 0.5) is 0 Å². The third kappa shape index (κ3) is 3.39. The molecule has 2 bridgehead atoms. The Morgan fingerprint density at radius 1 is 1.08 bits per heavy atom. The molecule has 0 radical (unpaired) electrons. The Morgan fingerprint density at radius 2 is 1.89 bits per heavy atom. The number of nitrogens with zero attached hydrogens (tertiary/aromatic N) is 4. The molecule has 3 aliphatic rings. The van der Waals surface area contributed by atoms with Crippen molar-refractivity contribution in [2.75, 3.05) is 13.2 Å². The third-order valence-electron chi connectivity index (χ3n) is 8.11. The lowest BCUT2D eigenvalue weighted by atomic mass is 9.85. The number of aliphatic hydroxyl groups is 1. The molecule has 2 amide bonds. The van der Waals surface area contributed by atoms with Crippen LogP contribution in [0.5, 0.6) is 0 Å². The predicted octanol–water partition coefficient (Wildman–Crippen LogP) is 2.01. The van der Waals surface area contributed by atoms with Crippen molar-refractivity contribution in [2.24, 2.45) is 11.8 Å². The largest absolute Gasteiger partial charge is 0.396 e. The zero-order chi connectivity index (χ0) is 25.0. The van der Waals surface area contributed by atoms with Gasteiger partial charge in [-0.2, -0.15) is 0 Å². The van der Waals surface area contributed by atoms with Crippen LogP contribution in [0.1, 0.15) is 29.8 Å². The van der Waals surface area contributed by atoms with E-state index in [1.165, 1.54) is 12.5 Å². The van der Waals surface area contributed by atoms with Crippen molar-refractivity contribution in [2.45, 2.75) is 38.5 Å². The van der Waals surface area contributed by atoms with Gasteiger partial charge in [0.2, 0.25) is 11.8 Å². The second-order valence-corrected chi connectivity index (χ2v) is 9.92. The van der Waals surface area contributed by atoms with Crippen LogP contribution in [0, 0.1) is 11.8 Å². The van der Waals surface area contributed by atoms with Gasteiger partial charge in [-0.1, -0.05) is 30.3 Å². The van der Waals surface area contributed by atoms with Gasteiger partial charge in [0, 0.05) is 68.3 Å². The number of carbonyl (C=O) groups excluding carboxylic acids is 2. The van der Waals surface area contributed by atoms with Gasteiger partial charge in [-0.3, -0.25) is 19.4 Å². The topological polar surface area (TPSA) is 95.7 Å². The monoisotopic (exact) mass is 484 g/mol. The van der Waals surface area contributed by atoms with Crippen molar-refractivity contribution in [1.29, 1.82) is 0 Å². The zero-order valence-electron chi connectivity index (χ0n) is 20.1. The number of rotatable bonds is 3. The SMILES string of the molecule is CC(=O)N1[C@@H]2c3ccc(-c4cccnc4)c(=O)n3C[C@H]1[C@H](CO)[C@H]2C(=O)N1CCc2ccccc2C1. The van der Waals surface area contributed by atoms with E-state index < -0.39 is 23.9 Å². The fraction of sp³-hybridized carbons (Fsp3) is 0.357. The van der Waals surface area contributed by atoms with Crippen LogP contribution in [0.3, 0.4) is 0 Å². The molecule has 1 aromatic carbocycles. The van der Waals surface area contributed by atoms with E-state index in [1.54, 1.807) is 34.0 Å². The molecule has 0 saturated carbocycles. The second kappa shape index (κ2) is 8.71. The normalized spacial score (nSPS) is 24.3. The Balaban J connectivity index is 1.43. The lowest BCUT2D eigenvalue weighted by molar-refractivity contribution is -0.140. The standard InChI is InChI=1S/C28H28N4O4/c1-17(34)32-24-15-31-23(9-8-21(27(31)35)19-7-4-11-29-13-19)26(32)25(22(24)16-33)28(36)30-12-10-18-5-2-3-6-20(18)14-30/h2-9,11,13,22,24-26,33H,10,12,14-16H2,1H3/t22-,24-,25+,26+/m0/s1. The molecular formula is C28H28N4O4. The van der Waals surface area contributed by atoms with Crippen molar-refractivity contribution in [3.8, 4) is 11.1 Å². The van der Waals surface area contributed by atoms with E-state index in [9.17, 15) is 19.5 Å². The molecule has 6 rings (SSSR count). The van der Waals surface area contributed by atoms with Crippen LogP contribution in [0.25, 0.3) is 11.1 Å². The Morgan fingerprint density at radius 3 is 2.61 bits per heavy atom. The summed E-state index contributed by atoms with van der Waals surface area (Å²) in [7, 11) is 0. The zero-order valence-corrected chi connectivity index (χ0v) is 20.1. The van der Waals surface area contributed by atoms with Crippen molar-refractivity contribution in [1.82, 2.24) is 19.4 Å². The molecule has 8 heteroatoms. The summed E-state index contributed by atoms with van der Waals surface area (Å²) in [6, 6.07) is 14.3. The molecule has 5 heterocycles. The highest BCUT2D eigenvalue weighted by molar-refractivity contribution is 5.84. The molecule has 2 aromatic heterocycles. The summed E-state index contributed by atoms with van der Waals surface area (Å²) >= 11 is 0. The van der Waals surface area contributed by atoms with E-state index >= 15 is 0 Å². The predicted molar refractivity (Wildman–Crippen MR) is 133 cm³/mol. The molecule has 8 nitrogen and oxygen atoms in total. The minimum absolute atomic E-state index is 0.0699. The third-order valence-corrected chi connectivity index (χ3v) is 8.11. The molecule has 4 atom stereocenters. The lowest BCUT2D eigenvalue weighted by Gasteiger charge is -2.38. The van der Waals surface area contributed by atoms with Crippen LogP contribution in [-0.2, 0) is 29.1 Å². The average Bonchev–Trinajstić information content (AvgIpc) is 3.16. The van der Waals surface area contributed by atoms with Gasteiger partial charge in [0.1, 0.15) is 0 Å². The smallest absolute Gasteiger partial charge is 0.258 e. The Hall–Kier alpha value is -3.78. The van der Waals surface area contributed by atoms with Crippen LogP contribution >= 0.6 is 0 Å². The lowest BCUT2D eigenvalue weighted by Crippen LogP contribution is -2.48. The highest BCUT2D eigenvalue weighted by Gasteiger charge is 2.57. The van der Waals surface area contributed by atoms with Crippen LogP contribution in [0.2, 0.25) is 0 Å². The molecule has 1 N–H and O–H groups in total. The van der Waals surface area contributed by atoms with Gasteiger partial charge in [0.05, 0.1) is 18.0 Å². The first-order chi connectivity index (χ1) is 17.5. The quantitative estimate of drug-likeness (QED) is 0.614. The van der Waals surface area contributed by atoms with E-state index in [0.29, 0.717) is 24.3 Å². The van der Waals surface area contributed by atoms with Gasteiger partial charge < -0.3 is 19.5 Å². The van der Waals surface area contributed by atoms with Gasteiger partial charge in [0.15, 0.2) is 0 Å². The minimum atomic E-state index is -0.619. The number of aromatic nitrogens is 2. The number of carbonyl (C=O) groups is 2. The van der Waals surface area contributed by atoms with Crippen molar-refractivity contribution < 1.29 is 14.7 Å². The first-order valence-electron chi connectivity index (χ1n) is 12.4. The Labute approximate surface area is 208 Å². The molecule has 0 aliphatic carbocycles. The summed E-state index contributed by atoms with van der Waals surface area (Å²) in [6.45, 7) is 2.61. The Kier molecular flexibility index (Phi) is 5.48. The van der Waals surface area contributed by atoms with E-state index in [4.69, 9.17) is 0 Å². The maximum Gasteiger partial charge on any atom is 0.258 e. The molecule has 1 fully saturated rings. The average molecular weight is 485 g/mol. The van der Waals surface area contributed by atoms with Crippen molar-refractivity contribution >= 4 is 11.8 Å². The summed E-state index contributed by atoms with van der Waals surface area (Å²) in [6.07, 6.45) is 4.08. The number of hydrogen-bond donors (Lipinski definition) is 1. The van der Waals surface area contributed by atoms with Gasteiger partial charge >= 0.3 is 0 Å². The summed E-state index contributed by atoms with van der Waals surface area (Å²) in [5.41, 5.74) is 4.09. The number of hydrogen-bond acceptors (Lipinski definition) is 5. The molecule has 0 spiro atoms. The number of pyridine rings is 2. The van der Waals surface area contributed by atoms with Crippen molar-refractivity contribution in [3.05, 3.63) is 88.1 Å². The molecular weight excluding hydrogens is 456 g/mol. The van der Waals surface area contributed by atoms with E-state index in [0.717, 1.165) is 17.5 Å².